The number of nitrogens with one attached hydrogen (secondary N) is 1. The van der Waals surface area contributed by atoms with Gasteiger partial charge in [-0.15, -0.1) is 0 Å². The first-order valence-electron chi connectivity index (χ1n) is 5.09. The van der Waals surface area contributed by atoms with E-state index in [9.17, 15) is 4.79 Å². The van der Waals surface area contributed by atoms with Gasteiger partial charge in [0.1, 0.15) is 5.60 Å². The van der Waals surface area contributed by atoms with Crippen LogP contribution in [0.25, 0.3) is 0 Å². The third-order valence-electron chi connectivity index (χ3n) is 2.43. The summed E-state index contributed by atoms with van der Waals surface area (Å²) in [4.78, 5) is 11.6. The van der Waals surface area contributed by atoms with Crippen molar-refractivity contribution in [2.45, 2.75) is 32.3 Å². The topological polar surface area (TPSA) is 58.6 Å². The summed E-state index contributed by atoms with van der Waals surface area (Å²) < 4.78 is 5.21. The predicted octanol–water partition coefficient (Wildman–Crippen LogP) is 0.300. The Kier molecular flexibility index (Phi) is 3.89. The Morgan fingerprint density at radius 3 is 2.57 bits per heavy atom. The second-order valence-electron chi connectivity index (χ2n) is 4.36. The van der Waals surface area contributed by atoms with Gasteiger partial charge in [0.2, 0.25) is 0 Å². The van der Waals surface area contributed by atoms with E-state index in [1.54, 1.807) is 13.8 Å². The van der Waals surface area contributed by atoms with Gasteiger partial charge in [-0.25, -0.2) is 0 Å². The number of esters is 1. The van der Waals surface area contributed by atoms with Crippen molar-refractivity contribution in [3.8, 4) is 0 Å². The lowest BCUT2D eigenvalue weighted by Gasteiger charge is -2.27. The van der Waals surface area contributed by atoms with Crippen LogP contribution in [0.5, 0.6) is 0 Å². The van der Waals surface area contributed by atoms with Crippen molar-refractivity contribution >= 4 is 5.97 Å². The largest absolute Gasteiger partial charge is 0.457 e. The highest BCUT2D eigenvalue weighted by molar-refractivity contribution is 5.73. The van der Waals surface area contributed by atoms with Gasteiger partial charge in [-0.3, -0.25) is 4.79 Å². The maximum absolute atomic E-state index is 11.6. The second kappa shape index (κ2) is 4.75. The third-order valence-corrected chi connectivity index (χ3v) is 2.43. The number of carbonyl (C=O) groups is 1. The lowest BCUT2D eigenvalue weighted by atomic mass is 9.98. The van der Waals surface area contributed by atoms with E-state index in [2.05, 4.69) is 5.32 Å². The fourth-order valence-electron chi connectivity index (χ4n) is 1.45. The predicted molar refractivity (Wildman–Crippen MR) is 52.9 cm³/mol. The van der Waals surface area contributed by atoms with Gasteiger partial charge >= 0.3 is 5.97 Å². The summed E-state index contributed by atoms with van der Waals surface area (Å²) in [6.45, 7) is 5.04. The van der Waals surface area contributed by atoms with Crippen LogP contribution in [0.2, 0.25) is 0 Å². The number of piperidine rings is 1. The van der Waals surface area contributed by atoms with Gasteiger partial charge in [0, 0.05) is 0 Å². The fraction of sp³-hybridized carbons (Fsp3) is 0.900. The number of carbonyl (C=O) groups excluding carboxylic acids is 1. The van der Waals surface area contributed by atoms with E-state index < -0.39 is 5.60 Å². The highest BCUT2D eigenvalue weighted by Crippen LogP contribution is 2.17. The minimum absolute atomic E-state index is 0.00192. The van der Waals surface area contributed by atoms with Crippen LogP contribution in [0.4, 0.5) is 0 Å². The molecule has 0 aromatic heterocycles. The molecule has 1 rings (SSSR count). The van der Waals surface area contributed by atoms with Gasteiger partial charge in [0.15, 0.2) is 0 Å². The van der Waals surface area contributed by atoms with Crippen molar-refractivity contribution in [2.75, 3.05) is 19.7 Å². The molecule has 1 heterocycles. The normalized spacial score (nSPS) is 19.4. The molecule has 0 aromatic rings. The Labute approximate surface area is 84.6 Å². The first-order valence-corrected chi connectivity index (χ1v) is 5.09. The number of hydrogen-bond donors (Lipinski definition) is 2. The Hall–Kier alpha value is -0.610. The van der Waals surface area contributed by atoms with Gasteiger partial charge in [0.05, 0.1) is 12.5 Å². The van der Waals surface area contributed by atoms with Gasteiger partial charge in [-0.05, 0) is 39.8 Å². The zero-order valence-electron chi connectivity index (χ0n) is 8.88. The molecule has 0 aromatic carbocycles. The first kappa shape index (κ1) is 11.5. The lowest BCUT2D eigenvalue weighted by Crippen LogP contribution is -2.38. The second-order valence-corrected chi connectivity index (χ2v) is 4.36. The molecule has 1 fully saturated rings. The average Bonchev–Trinajstić information content (AvgIpc) is 2.19. The van der Waals surface area contributed by atoms with Crippen molar-refractivity contribution in [2.24, 2.45) is 5.92 Å². The average molecular weight is 201 g/mol. The maximum atomic E-state index is 11.6. The Balaban J connectivity index is 2.40. The number of hydrogen-bond acceptors (Lipinski definition) is 4. The Morgan fingerprint density at radius 2 is 2.07 bits per heavy atom. The van der Waals surface area contributed by atoms with Gasteiger partial charge in [-0.2, -0.15) is 0 Å². The molecule has 0 atom stereocenters. The molecular weight excluding hydrogens is 182 g/mol. The minimum Gasteiger partial charge on any atom is -0.457 e. The lowest BCUT2D eigenvalue weighted by molar-refractivity contribution is -0.166. The molecule has 82 valence electrons. The van der Waals surface area contributed by atoms with Crippen LogP contribution < -0.4 is 5.32 Å². The van der Waals surface area contributed by atoms with Crippen molar-refractivity contribution in [3.63, 3.8) is 0 Å². The van der Waals surface area contributed by atoms with Gasteiger partial charge in [-0.1, -0.05) is 0 Å². The summed E-state index contributed by atoms with van der Waals surface area (Å²) in [6, 6.07) is 0. The van der Waals surface area contributed by atoms with E-state index in [4.69, 9.17) is 9.84 Å². The summed E-state index contributed by atoms with van der Waals surface area (Å²) in [7, 11) is 0. The summed E-state index contributed by atoms with van der Waals surface area (Å²) in [6.07, 6.45) is 1.67. The zero-order valence-corrected chi connectivity index (χ0v) is 8.88. The smallest absolute Gasteiger partial charge is 0.309 e. The van der Waals surface area contributed by atoms with Crippen LogP contribution in [0.15, 0.2) is 0 Å². The molecule has 14 heavy (non-hydrogen) atoms. The van der Waals surface area contributed by atoms with E-state index in [1.165, 1.54) is 0 Å². The maximum Gasteiger partial charge on any atom is 0.309 e. The molecule has 1 saturated heterocycles. The first-order chi connectivity index (χ1) is 6.55. The third kappa shape index (κ3) is 3.27. The van der Waals surface area contributed by atoms with Crippen molar-refractivity contribution < 1.29 is 14.6 Å². The van der Waals surface area contributed by atoms with Crippen LogP contribution in [0, 0.1) is 5.92 Å². The van der Waals surface area contributed by atoms with E-state index >= 15 is 0 Å². The number of ether oxygens (including phenoxy) is 1. The number of aliphatic hydroxyl groups excluding tert-OH is 1. The van der Waals surface area contributed by atoms with Gasteiger partial charge in [0.25, 0.3) is 0 Å². The van der Waals surface area contributed by atoms with Crippen LogP contribution in [0.1, 0.15) is 26.7 Å². The molecule has 4 nitrogen and oxygen atoms in total. The Bertz CT molecular complexity index is 198. The monoisotopic (exact) mass is 201 g/mol. The summed E-state index contributed by atoms with van der Waals surface area (Å²) >= 11 is 0. The van der Waals surface area contributed by atoms with Crippen LogP contribution in [-0.2, 0) is 9.53 Å². The SMILES string of the molecule is CC(C)(CO)OC(=O)C1CCNCC1. The highest BCUT2D eigenvalue weighted by Gasteiger charge is 2.28. The van der Waals surface area contributed by atoms with E-state index in [-0.39, 0.29) is 18.5 Å². The van der Waals surface area contributed by atoms with Crippen molar-refractivity contribution in [1.82, 2.24) is 5.32 Å². The van der Waals surface area contributed by atoms with Crippen LogP contribution in [-0.4, -0.2) is 36.4 Å². The zero-order chi connectivity index (χ0) is 10.6. The number of rotatable bonds is 3. The van der Waals surface area contributed by atoms with Crippen molar-refractivity contribution in [1.29, 1.82) is 0 Å². The molecule has 0 bridgehead atoms. The molecule has 0 amide bonds. The fourth-order valence-corrected chi connectivity index (χ4v) is 1.45. The van der Waals surface area contributed by atoms with E-state index in [0.717, 1.165) is 25.9 Å². The van der Waals surface area contributed by atoms with E-state index in [1.807, 2.05) is 0 Å². The molecule has 0 aliphatic carbocycles. The molecular formula is C10H19NO3. The van der Waals surface area contributed by atoms with Crippen LogP contribution >= 0.6 is 0 Å². The standard InChI is InChI=1S/C10H19NO3/c1-10(2,7-12)14-9(13)8-3-5-11-6-4-8/h8,11-12H,3-7H2,1-2H3. The van der Waals surface area contributed by atoms with Gasteiger partial charge < -0.3 is 15.2 Å². The quantitative estimate of drug-likeness (QED) is 0.645. The molecule has 1 aliphatic rings. The molecule has 0 saturated carbocycles. The minimum atomic E-state index is -0.748. The number of aliphatic hydroxyl groups is 1. The highest BCUT2D eigenvalue weighted by atomic mass is 16.6. The molecule has 1 aliphatic heterocycles. The Morgan fingerprint density at radius 1 is 1.50 bits per heavy atom. The molecule has 2 N–H and O–H groups in total. The van der Waals surface area contributed by atoms with E-state index in [0.29, 0.717) is 0 Å². The summed E-state index contributed by atoms with van der Waals surface area (Å²) in [5.74, 6) is -0.173. The van der Waals surface area contributed by atoms with Crippen LogP contribution in [0.3, 0.4) is 0 Å². The van der Waals surface area contributed by atoms with Crippen molar-refractivity contribution in [3.05, 3.63) is 0 Å². The molecule has 0 unspecified atom stereocenters. The summed E-state index contributed by atoms with van der Waals surface area (Å²) in [5, 5.41) is 12.1. The molecule has 0 spiro atoms. The molecule has 4 heteroatoms. The molecule has 0 radical (unpaired) electrons. The summed E-state index contributed by atoms with van der Waals surface area (Å²) in [5.41, 5.74) is -0.748.